The van der Waals surface area contributed by atoms with Crippen molar-refractivity contribution in [3.05, 3.63) is 24.3 Å². The van der Waals surface area contributed by atoms with Gasteiger partial charge in [-0.1, -0.05) is 289 Å². The fourth-order valence-corrected chi connectivity index (χ4v) is 9.55. The van der Waals surface area contributed by atoms with Crippen LogP contribution in [0, 0.1) is 0 Å². The molecular weight excluding hydrogens is 839 g/mol. The largest absolute Gasteiger partial charge is 0.466 e. The number of ether oxygens (including phenoxy) is 1. The van der Waals surface area contributed by atoms with Crippen LogP contribution in [0.25, 0.3) is 0 Å². The van der Waals surface area contributed by atoms with Crippen molar-refractivity contribution in [1.29, 1.82) is 0 Å². The Kier molecular flexibility index (Phi) is 56.5. The second-order valence-corrected chi connectivity index (χ2v) is 21.0. The van der Waals surface area contributed by atoms with E-state index < -0.39 is 12.1 Å². The van der Waals surface area contributed by atoms with E-state index in [1.54, 1.807) is 0 Å². The van der Waals surface area contributed by atoms with Gasteiger partial charge >= 0.3 is 5.97 Å². The lowest BCUT2D eigenvalue weighted by Crippen LogP contribution is -2.45. The molecule has 0 bridgehead atoms. The zero-order valence-electron chi connectivity index (χ0n) is 45.9. The predicted molar refractivity (Wildman–Crippen MR) is 296 cm³/mol. The maximum Gasteiger partial charge on any atom is 0.305 e. The lowest BCUT2D eigenvalue weighted by molar-refractivity contribution is -0.143. The molecule has 0 rings (SSSR count). The van der Waals surface area contributed by atoms with Crippen molar-refractivity contribution in [2.75, 3.05) is 13.2 Å². The maximum atomic E-state index is 12.5. The highest BCUT2D eigenvalue weighted by molar-refractivity contribution is 5.76. The molecule has 2 unspecified atom stereocenters. The fourth-order valence-electron chi connectivity index (χ4n) is 9.55. The third-order valence-electron chi connectivity index (χ3n) is 14.3. The Labute approximate surface area is 424 Å². The van der Waals surface area contributed by atoms with Crippen molar-refractivity contribution in [3.8, 4) is 0 Å². The molecule has 0 aromatic rings. The first-order valence-corrected chi connectivity index (χ1v) is 30.6. The Morgan fingerprint density at radius 1 is 0.412 bits per heavy atom. The van der Waals surface area contributed by atoms with Crippen molar-refractivity contribution >= 4 is 11.9 Å². The van der Waals surface area contributed by atoms with Crippen LogP contribution >= 0.6 is 0 Å². The van der Waals surface area contributed by atoms with E-state index in [0.29, 0.717) is 25.9 Å². The van der Waals surface area contributed by atoms with Gasteiger partial charge in [-0.2, -0.15) is 0 Å². The van der Waals surface area contributed by atoms with E-state index in [-0.39, 0.29) is 18.5 Å². The van der Waals surface area contributed by atoms with Gasteiger partial charge in [0.25, 0.3) is 0 Å². The normalized spacial score (nSPS) is 12.7. The molecule has 0 radical (unpaired) electrons. The molecule has 0 heterocycles. The van der Waals surface area contributed by atoms with Crippen molar-refractivity contribution in [2.45, 2.75) is 347 Å². The highest BCUT2D eigenvalue weighted by atomic mass is 16.5. The minimum Gasteiger partial charge on any atom is -0.466 e. The SMILES string of the molecule is CCCCC/C=C\C/C=C\CCCCCCCC(=O)OCCCCCCCCCCCCCCC(=O)NC(CO)C(O)CCCCCCCCCCCCCCCCCCCCCCCCCC. The van der Waals surface area contributed by atoms with Crippen LogP contribution in [0.4, 0.5) is 0 Å². The smallest absolute Gasteiger partial charge is 0.305 e. The zero-order chi connectivity index (χ0) is 49.3. The number of esters is 1. The van der Waals surface area contributed by atoms with Crippen LogP contribution in [-0.4, -0.2) is 47.4 Å². The van der Waals surface area contributed by atoms with Crippen LogP contribution < -0.4 is 5.32 Å². The van der Waals surface area contributed by atoms with E-state index in [9.17, 15) is 19.8 Å². The number of allylic oxidation sites excluding steroid dienone is 4. The highest BCUT2D eigenvalue weighted by Gasteiger charge is 2.20. The summed E-state index contributed by atoms with van der Waals surface area (Å²) in [5.74, 6) is -0.0701. The van der Waals surface area contributed by atoms with Gasteiger partial charge in [-0.05, 0) is 57.8 Å². The average Bonchev–Trinajstić information content (AvgIpc) is 3.34. The number of amides is 1. The van der Waals surface area contributed by atoms with E-state index >= 15 is 0 Å². The molecule has 0 spiro atoms. The van der Waals surface area contributed by atoms with E-state index in [0.717, 1.165) is 70.6 Å². The zero-order valence-corrected chi connectivity index (χ0v) is 45.9. The van der Waals surface area contributed by atoms with Gasteiger partial charge in [-0.15, -0.1) is 0 Å². The van der Waals surface area contributed by atoms with Gasteiger partial charge in [0.05, 0.1) is 25.4 Å². The maximum absolute atomic E-state index is 12.5. The predicted octanol–water partition coefficient (Wildman–Crippen LogP) is 19.0. The van der Waals surface area contributed by atoms with Crippen molar-refractivity contribution in [2.24, 2.45) is 0 Å². The van der Waals surface area contributed by atoms with Gasteiger partial charge in [0, 0.05) is 12.8 Å². The molecule has 0 aromatic carbocycles. The molecule has 0 aliphatic heterocycles. The summed E-state index contributed by atoms with van der Waals surface area (Å²) < 4.78 is 5.46. The summed E-state index contributed by atoms with van der Waals surface area (Å²) in [7, 11) is 0. The third kappa shape index (κ3) is 53.7. The Hall–Kier alpha value is -1.66. The van der Waals surface area contributed by atoms with Gasteiger partial charge in [0.15, 0.2) is 0 Å². The number of carbonyl (C=O) groups is 2. The number of hydrogen-bond donors (Lipinski definition) is 3. The number of aliphatic hydroxyl groups is 2. The molecule has 0 aliphatic carbocycles. The lowest BCUT2D eigenvalue weighted by Gasteiger charge is -2.22. The number of aliphatic hydroxyl groups excluding tert-OH is 2. The van der Waals surface area contributed by atoms with Gasteiger partial charge in [-0.3, -0.25) is 9.59 Å². The number of rotatable bonds is 57. The average molecular weight is 959 g/mol. The minimum atomic E-state index is -0.677. The number of hydrogen-bond acceptors (Lipinski definition) is 5. The summed E-state index contributed by atoms with van der Waals surface area (Å²) in [6, 6.07) is -0.555. The van der Waals surface area contributed by atoms with Gasteiger partial charge < -0.3 is 20.3 Å². The molecule has 0 saturated carbocycles. The quantitative estimate of drug-likeness (QED) is 0.0321. The summed E-state index contributed by atoms with van der Waals surface area (Å²) in [6.45, 7) is 4.91. The molecule has 0 aromatic heterocycles. The van der Waals surface area contributed by atoms with Crippen LogP contribution in [0.5, 0.6) is 0 Å². The summed E-state index contributed by atoms with van der Waals surface area (Å²) in [5, 5.41) is 23.4. The van der Waals surface area contributed by atoms with Gasteiger partial charge in [0.2, 0.25) is 5.91 Å². The number of nitrogens with one attached hydrogen (secondary N) is 1. The Morgan fingerprint density at radius 2 is 0.735 bits per heavy atom. The van der Waals surface area contributed by atoms with Crippen LogP contribution in [0.15, 0.2) is 24.3 Å². The molecule has 0 fully saturated rings. The number of carbonyl (C=O) groups excluding carboxylic acids is 2. The molecule has 1 amide bonds. The molecule has 0 aliphatic rings. The number of unbranched alkanes of at least 4 members (excludes halogenated alkanes) is 42. The van der Waals surface area contributed by atoms with Gasteiger partial charge in [0.1, 0.15) is 0 Å². The molecule has 402 valence electrons. The fraction of sp³-hybridized carbons (Fsp3) is 0.903. The topological polar surface area (TPSA) is 95.9 Å². The Balaban J connectivity index is 3.45. The first-order valence-electron chi connectivity index (χ1n) is 30.6. The molecule has 6 nitrogen and oxygen atoms in total. The molecule has 6 heteroatoms. The second kappa shape index (κ2) is 57.9. The van der Waals surface area contributed by atoms with Crippen molar-refractivity contribution < 1.29 is 24.5 Å². The first-order chi connectivity index (χ1) is 33.5. The molecule has 0 saturated heterocycles. The van der Waals surface area contributed by atoms with Gasteiger partial charge in [-0.25, -0.2) is 0 Å². The molecule has 3 N–H and O–H groups in total. The van der Waals surface area contributed by atoms with Crippen LogP contribution in [0.2, 0.25) is 0 Å². The van der Waals surface area contributed by atoms with E-state index in [4.69, 9.17) is 4.74 Å². The standard InChI is InChI=1S/C62H119NO5/c1-3-5-7-9-11-13-15-17-19-20-21-22-23-24-25-26-27-29-30-34-38-42-46-50-54-60(65)59(58-64)63-61(66)55-51-47-43-39-35-32-33-37-41-45-49-53-57-68-62(67)56-52-48-44-40-36-31-28-18-16-14-12-10-8-6-4-2/h12,14,18,28,59-60,64-65H,3-11,13,15-17,19-27,29-58H2,1-2H3,(H,63,66)/b14-12-,28-18-. The Bertz CT molecular complexity index is 1060. The van der Waals surface area contributed by atoms with E-state index in [2.05, 4.69) is 43.5 Å². The van der Waals surface area contributed by atoms with Crippen LogP contribution in [-0.2, 0) is 14.3 Å². The van der Waals surface area contributed by atoms with Crippen LogP contribution in [0.3, 0.4) is 0 Å². The summed E-state index contributed by atoms with van der Waals surface area (Å²) >= 11 is 0. The monoisotopic (exact) mass is 958 g/mol. The van der Waals surface area contributed by atoms with Crippen molar-refractivity contribution in [3.63, 3.8) is 0 Å². The summed E-state index contributed by atoms with van der Waals surface area (Å²) in [5.41, 5.74) is 0. The van der Waals surface area contributed by atoms with E-state index in [1.807, 2.05) is 0 Å². The molecular formula is C62H119NO5. The third-order valence-corrected chi connectivity index (χ3v) is 14.3. The highest BCUT2D eigenvalue weighted by Crippen LogP contribution is 2.18. The lowest BCUT2D eigenvalue weighted by atomic mass is 10.0. The summed E-state index contributed by atoms with van der Waals surface area (Å²) in [6.07, 6.45) is 70.3. The minimum absolute atomic E-state index is 0.0221. The summed E-state index contributed by atoms with van der Waals surface area (Å²) in [4.78, 5) is 24.6. The molecule has 2 atom stereocenters. The second-order valence-electron chi connectivity index (χ2n) is 21.0. The Morgan fingerprint density at radius 3 is 1.15 bits per heavy atom. The molecule has 68 heavy (non-hydrogen) atoms. The van der Waals surface area contributed by atoms with Crippen LogP contribution in [0.1, 0.15) is 335 Å². The first kappa shape index (κ1) is 66.3. The van der Waals surface area contributed by atoms with Crippen molar-refractivity contribution in [1.82, 2.24) is 5.32 Å². The van der Waals surface area contributed by atoms with E-state index in [1.165, 1.54) is 231 Å².